The van der Waals surface area contributed by atoms with E-state index in [-0.39, 0.29) is 6.61 Å². The van der Waals surface area contributed by atoms with E-state index in [4.69, 9.17) is 5.11 Å². The van der Waals surface area contributed by atoms with E-state index in [0.29, 0.717) is 12.6 Å². The summed E-state index contributed by atoms with van der Waals surface area (Å²) in [6.07, 6.45) is 2.84. The van der Waals surface area contributed by atoms with Crippen molar-refractivity contribution in [2.45, 2.75) is 6.04 Å². The van der Waals surface area contributed by atoms with E-state index in [1.807, 2.05) is 24.3 Å². The number of para-hydroxylation sites is 1. The van der Waals surface area contributed by atoms with Gasteiger partial charge in [-0.1, -0.05) is 18.2 Å². The first kappa shape index (κ1) is 11.5. The van der Waals surface area contributed by atoms with Gasteiger partial charge in [0.25, 0.3) is 0 Å². The van der Waals surface area contributed by atoms with E-state index >= 15 is 0 Å². The maximum atomic E-state index is 11.1. The average Bonchev–Trinajstić information content (AvgIpc) is 2.79. The van der Waals surface area contributed by atoms with E-state index in [2.05, 4.69) is 5.10 Å². The van der Waals surface area contributed by atoms with Gasteiger partial charge < -0.3 is 14.7 Å². The third kappa shape index (κ3) is 1.97. The first-order valence-electron chi connectivity index (χ1n) is 5.25. The zero-order valence-corrected chi connectivity index (χ0v) is 9.06. The fourth-order valence-electron chi connectivity index (χ4n) is 1.80. The Morgan fingerprint density at radius 3 is 2.71 bits per heavy atom. The van der Waals surface area contributed by atoms with Gasteiger partial charge in [-0.15, -0.1) is 0 Å². The van der Waals surface area contributed by atoms with Gasteiger partial charge in [0.15, 0.2) is 0 Å². The van der Waals surface area contributed by atoms with Gasteiger partial charge in [0.2, 0.25) is 0 Å². The Hall–Kier alpha value is -2.01. The number of aliphatic hydroxyl groups is 1. The number of aldehydes is 2. The van der Waals surface area contributed by atoms with E-state index < -0.39 is 12.0 Å². The summed E-state index contributed by atoms with van der Waals surface area (Å²) in [5.41, 5.74) is 0.768. The minimum absolute atomic E-state index is 0.374. The quantitative estimate of drug-likeness (QED) is 0.765. The number of carbonyl (C=O) groups excluding carboxylic acids is 2. The summed E-state index contributed by atoms with van der Waals surface area (Å²) in [4.78, 5) is 21.9. The molecule has 0 saturated carbocycles. The topological polar surface area (TPSA) is 72.2 Å². The molecule has 2 atom stereocenters. The molecule has 2 aromatic rings. The van der Waals surface area contributed by atoms with Gasteiger partial charge in [-0.2, -0.15) is 5.10 Å². The summed E-state index contributed by atoms with van der Waals surface area (Å²) in [6, 6.07) is 6.62. The molecule has 88 valence electrons. The SMILES string of the molecule is O=C[C@H](CO)[C@@H](C=O)n1ncc2ccccc21. The third-order valence-corrected chi connectivity index (χ3v) is 2.75. The van der Waals surface area contributed by atoms with Gasteiger partial charge >= 0.3 is 0 Å². The van der Waals surface area contributed by atoms with Crippen molar-refractivity contribution >= 4 is 23.5 Å². The molecule has 0 spiro atoms. The van der Waals surface area contributed by atoms with Gasteiger partial charge in [0, 0.05) is 5.39 Å². The summed E-state index contributed by atoms with van der Waals surface area (Å²) in [7, 11) is 0. The Morgan fingerprint density at radius 1 is 1.29 bits per heavy atom. The van der Waals surface area contributed by atoms with Crippen LogP contribution in [0.25, 0.3) is 10.9 Å². The second kappa shape index (κ2) is 4.88. The summed E-state index contributed by atoms with van der Waals surface area (Å²) in [5, 5.41) is 14.1. The fourth-order valence-corrected chi connectivity index (χ4v) is 1.80. The maximum absolute atomic E-state index is 11.1. The molecule has 2 rings (SSSR count). The van der Waals surface area contributed by atoms with E-state index in [1.54, 1.807) is 6.20 Å². The average molecular weight is 232 g/mol. The lowest BCUT2D eigenvalue weighted by atomic mass is 10.0. The Labute approximate surface area is 97.7 Å². The standard InChI is InChI=1S/C12H12N2O3/c15-6-10(7-16)12(8-17)14-11-4-2-1-3-9(11)5-13-14/h1-6,8,10,12,16H,7H2/t10-,12-/m1/s1. The van der Waals surface area contributed by atoms with Crippen LogP contribution in [0.2, 0.25) is 0 Å². The number of fused-ring (bicyclic) bond motifs is 1. The highest BCUT2D eigenvalue weighted by atomic mass is 16.3. The first-order chi connectivity index (χ1) is 8.31. The lowest BCUT2D eigenvalue weighted by Crippen LogP contribution is -2.25. The summed E-state index contributed by atoms with van der Waals surface area (Å²) in [6.45, 7) is -0.374. The van der Waals surface area contributed by atoms with Gasteiger partial charge in [-0.3, -0.25) is 4.68 Å². The molecule has 0 saturated heterocycles. The van der Waals surface area contributed by atoms with Gasteiger partial charge in [-0.05, 0) is 6.07 Å². The molecule has 0 unspecified atom stereocenters. The highest BCUT2D eigenvalue weighted by Gasteiger charge is 2.23. The predicted octanol–water partition coefficient (Wildman–Crippen LogP) is 0.584. The number of benzene rings is 1. The van der Waals surface area contributed by atoms with Crippen molar-refractivity contribution < 1.29 is 14.7 Å². The van der Waals surface area contributed by atoms with Crippen LogP contribution >= 0.6 is 0 Å². The van der Waals surface area contributed by atoms with Crippen LogP contribution in [0.4, 0.5) is 0 Å². The van der Waals surface area contributed by atoms with Crippen LogP contribution in [0.5, 0.6) is 0 Å². The number of nitrogens with zero attached hydrogens (tertiary/aromatic N) is 2. The summed E-state index contributed by atoms with van der Waals surface area (Å²) in [5.74, 6) is -0.768. The predicted molar refractivity (Wildman–Crippen MR) is 61.5 cm³/mol. The zero-order valence-electron chi connectivity index (χ0n) is 9.06. The molecule has 17 heavy (non-hydrogen) atoms. The molecule has 1 aromatic heterocycles. The minimum Gasteiger partial charge on any atom is -0.396 e. The Balaban J connectivity index is 2.50. The van der Waals surface area contributed by atoms with E-state index in [1.165, 1.54) is 4.68 Å². The summed E-state index contributed by atoms with van der Waals surface area (Å²) < 4.78 is 1.47. The second-order valence-electron chi connectivity index (χ2n) is 3.76. The highest BCUT2D eigenvalue weighted by molar-refractivity contribution is 5.80. The molecule has 0 fully saturated rings. The molecule has 1 aromatic carbocycles. The summed E-state index contributed by atoms with van der Waals surface area (Å²) >= 11 is 0. The molecule has 1 N–H and O–H groups in total. The molecule has 0 aliphatic heterocycles. The largest absolute Gasteiger partial charge is 0.396 e. The molecule has 0 bridgehead atoms. The first-order valence-corrected chi connectivity index (χ1v) is 5.25. The minimum atomic E-state index is -0.768. The van der Waals surface area contributed by atoms with Crippen LogP contribution < -0.4 is 0 Å². The highest BCUT2D eigenvalue weighted by Crippen LogP contribution is 2.20. The molecular formula is C12H12N2O3. The number of hydrogen-bond donors (Lipinski definition) is 1. The number of aliphatic hydroxyl groups excluding tert-OH is 1. The molecule has 5 heteroatoms. The van der Waals surface area contributed by atoms with Crippen LogP contribution in [0, 0.1) is 5.92 Å². The van der Waals surface area contributed by atoms with Crippen molar-refractivity contribution in [1.82, 2.24) is 9.78 Å². The van der Waals surface area contributed by atoms with Crippen LogP contribution in [0.15, 0.2) is 30.5 Å². The number of rotatable bonds is 5. The smallest absolute Gasteiger partial charge is 0.145 e. The third-order valence-electron chi connectivity index (χ3n) is 2.75. The van der Waals surface area contributed by atoms with Crippen LogP contribution in [0.3, 0.4) is 0 Å². The zero-order chi connectivity index (χ0) is 12.3. The Morgan fingerprint density at radius 2 is 2.06 bits per heavy atom. The van der Waals surface area contributed by atoms with Crippen LogP contribution in [0.1, 0.15) is 6.04 Å². The van der Waals surface area contributed by atoms with Crippen LogP contribution in [-0.2, 0) is 9.59 Å². The van der Waals surface area contributed by atoms with Crippen molar-refractivity contribution in [3.63, 3.8) is 0 Å². The number of hydrogen-bond acceptors (Lipinski definition) is 4. The van der Waals surface area contributed by atoms with Crippen LogP contribution in [-0.4, -0.2) is 34.1 Å². The molecule has 0 amide bonds. The van der Waals surface area contributed by atoms with Gasteiger partial charge in [0.05, 0.1) is 24.2 Å². The normalized spacial score (nSPS) is 14.4. The molecular weight excluding hydrogens is 220 g/mol. The van der Waals surface area contributed by atoms with Crippen molar-refractivity contribution in [2.75, 3.05) is 6.61 Å². The van der Waals surface area contributed by atoms with Gasteiger partial charge in [0.1, 0.15) is 18.6 Å². The molecule has 1 heterocycles. The lowest BCUT2D eigenvalue weighted by molar-refractivity contribution is -0.120. The van der Waals surface area contributed by atoms with E-state index in [0.717, 1.165) is 10.9 Å². The molecule has 0 aliphatic carbocycles. The van der Waals surface area contributed by atoms with Gasteiger partial charge in [-0.25, -0.2) is 0 Å². The van der Waals surface area contributed by atoms with Crippen molar-refractivity contribution in [2.24, 2.45) is 5.92 Å². The Bertz CT molecular complexity index is 535. The van der Waals surface area contributed by atoms with Crippen molar-refractivity contribution in [1.29, 1.82) is 0 Å². The molecule has 5 nitrogen and oxygen atoms in total. The van der Waals surface area contributed by atoms with Crippen molar-refractivity contribution in [3.8, 4) is 0 Å². The number of carbonyl (C=O) groups is 2. The maximum Gasteiger partial charge on any atom is 0.145 e. The fraction of sp³-hybridized carbons (Fsp3) is 0.250. The lowest BCUT2D eigenvalue weighted by Gasteiger charge is -2.16. The number of aromatic nitrogens is 2. The van der Waals surface area contributed by atoms with E-state index in [9.17, 15) is 9.59 Å². The monoisotopic (exact) mass is 232 g/mol. The molecule has 0 aliphatic rings. The Kier molecular flexibility index (Phi) is 3.30. The molecule has 0 radical (unpaired) electrons. The van der Waals surface area contributed by atoms with Crippen molar-refractivity contribution in [3.05, 3.63) is 30.5 Å². The second-order valence-corrected chi connectivity index (χ2v) is 3.76.